The number of aryl methyl sites for hydroxylation is 3. The molecule has 3 rings (SSSR count). The molecule has 3 aromatic rings. The number of rotatable bonds is 9. The molecule has 0 radical (unpaired) electrons. The van der Waals surface area contributed by atoms with Gasteiger partial charge in [-0.3, -0.25) is 4.79 Å². The van der Waals surface area contributed by atoms with Crippen LogP contribution in [0.25, 0.3) is 11.1 Å². The van der Waals surface area contributed by atoms with Gasteiger partial charge in [0.05, 0.1) is 4.90 Å². The van der Waals surface area contributed by atoms with Crippen LogP contribution in [0.3, 0.4) is 0 Å². The van der Waals surface area contributed by atoms with Crippen molar-refractivity contribution >= 4 is 27.7 Å². The molecule has 0 saturated carbocycles. The number of amides is 2. The maximum atomic E-state index is 13.1. The number of hydrogen-bond donors (Lipinski definition) is 4. The minimum Gasteiger partial charge on any atom is -0.480 e. The van der Waals surface area contributed by atoms with Gasteiger partial charge in [-0.15, -0.1) is 0 Å². The van der Waals surface area contributed by atoms with Gasteiger partial charge in [0, 0.05) is 12.2 Å². The molecular weight excluding hydrogens is 478 g/mol. The van der Waals surface area contributed by atoms with Crippen molar-refractivity contribution in [2.45, 2.75) is 45.1 Å². The van der Waals surface area contributed by atoms with Crippen molar-refractivity contribution in [2.24, 2.45) is 0 Å². The van der Waals surface area contributed by atoms with Gasteiger partial charge in [-0.1, -0.05) is 54.1 Å². The molecule has 0 heterocycles. The second-order valence-electron chi connectivity index (χ2n) is 8.71. The normalized spacial score (nSPS) is 12.1. The number of hydrogen-bond acceptors (Lipinski definition) is 4. The summed E-state index contributed by atoms with van der Waals surface area (Å²) < 4.78 is 28.5. The van der Waals surface area contributed by atoms with E-state index in [2.05, 4.69) is 15.4 Å². The largest absolute Gasteiger partial charge is 0.480 e. The van der Waals surface area contributed by atoms with Crippen LogP contribution < -0.4 is 15.4 Å². The highest BCUT2D eigenvalue weighted by Gasteiger charge is 2.28. The first kappa shape index (κ1) is 26.9. The Morgan fingerprint density at radius 2 is 1.56 bits per heavy atom. The summed E-state index contributed by atoms with van der Waals surface area (Å²) in [6, 6.07) is 16.5. The van der Waals surface area contributed by atoms with E-state index in [1.165, 1.54) is 0 Å². The van der Waals surface area contributed by atoms with E-state index in [-0.39, 0.29) is 17.3 Å². The number of benzene rings is 3. The van der Waals surface area contributed by atoms with Crippen LogP contribution in [0, 0.1) is 20.8 Å². The highest BCUT2D eigenvalue weighted by Crippen LogP contribution is 2.25. The van der Waals surface area contributed by atoms with Crippen molar-refractivity contribution in [3.8, 4) is 11.1 Å². The fourth-order valence-electron chi connectivity index (χ4n) is 4.20. The van der Waals surface area contributed by atoms with Crippen LogP contribution >= 0.6 is 0 Å². The SMILES string of the molecule is CCNC(=O)Nc1cccc(-c2ccc(CC(NS(=O)(=O)c3c(C)cc(C)cc3C)C(=O)O)cc2)c1. The maximum Gasteiger partial charge on any atom is 0.322 e. The number of urea groups is 1. The summed E-state index contributed by atoms with van der Waals surface area (Å²) in [5, 5.41) is 15.2. The van der Waals surface area contributed by atoms with E-state index in [1.807, 2.05) is 44.2 Å². The second kappa shape index (κ2) is 11.4. The van der Waals surface area contributed by atoms with Crippen LogP contribution in [-0.4, -0.2) is 38.1 Å². The Morgan fingerprint density at radius 1 is 0.917 bits per heavy atom. The summed E-state index contributed by atoms with van der Waals surface area (Å²) in [4.78, 5) is 23.8. The van der Waals surface area contributed by atoms with Crippen molar-refractivity contribution < 1.29 is 23.1 Å². The van der Waals surface area contributed by atoms with Gasteiger partial charge in [-0.05, 0) is 74.1 Å². The van der Waals surface area contributed by atoms with Gasteiger partial charge >= 0.3 is 12.0 Å². The van der Waals surface area contributed by atoms with E-state index in [4.69, 9.17) is 0 Å². The van der Waals surface area contributed by atoms with Crippen LogP contribution in [0.4, 0.5) is 10.5 Å². The lowest BCUT2D eigenvalue weighted by Crippen LogP contribution is -2.42. The Balaban J connectivity index is 1.77. The molecule has 0 fully saturated rings. The Bertz CT molecular complexity index is 1350. The zero-order valence-corrected chi connectivity index (χ0v) is 21.6. The highest BCUT2D eigenvalue weighted by molar-refractivity contribution is 7.89. The molecule has 9 heteroatoms. The van der Waals surface area contributed by atoms with E-state index in [9.17, 15) is 23.1 Å². The number of aliphatic carboxylic acids is 1. The van der Waals surface area contributed by atoms with Crippen molar-refractivity contribution in [1.29, 1.82) is 0 Å². The lowest BCUT2D eigenvalue weighted by molar-refractivity contribution is -0.138. The fraction of sp³-hybridized carbons (Fsp3) is 0.259. The number of nitrogens with one attached hydrogen (secondary N) is 3. The molecule has 0 aliphatic carbocycles. The van der Waals surface area contributed by atoms with E-state index >= 15 is 0 Å². The van der Waals surface area contributed by atoms with Crippen LogP contribution in [0.15, 0.2) is 65.6 Å². The molecule has 190 valence electrons. The van der Waals surface area contributed by atoms with Gasteiger partial charge < -0.3 is 15.7 Å². The van der Waals surface area contributed by atoms with Crippen LogP contribution in [-0.2, 0) is 21.2 Å². The number of carbonyl (C=O) groups is 2. The molecule has 0 aliphatic rings. The monoisotopic (exact) mass is 509 g/mol. The zero-order chi connectivity index (χ0) is 26.5. The lowest BCUT2D eigenvalue weighted by Gasteiger charge is -2.18. The predicted octanol–water partition coefficient (Wildman–Crippen LogP) is 4.39. The molecule has 4 N–H and O–H groups in total. The summed E-state index contributed by atoms with van der Waals surface area (Å²) in [6.07, 6.45) is -0.0163. The van der Waals surface area contributed by atoms with Crippen LogP contribution in [0.5, 0.6) is 0 Å². The summed E-state index contributed by atoms with van der Waals surface area (Å²) in [5.74, 6) is -1.26. The second-order valence-corrected chi connectivity index (χ2v) is 10.4. The van der Waals surface area contributed by atoms with E-state index in [0.717, 1.165) is 16.7 Å². The predicted molar refractivity (Wildman–Crippen MR) is 141 cm³/mol. The number of carboxylic acid groups (broad SMARTS) is 1. The first-order chi connectivity index (χ1) is 17.0. The quantitative estimate of drug-likeness (QED) is 0.340. The smallest absolute Gasteiger partial charge is 0.322 e. The third kappa shape index (κ3) is 6.71. The molecule has 36 heavy (non-hydrogen) atoms. The first-order valence-electron chi connectivity index (χ1n) is 11.6. The summed E-state index contributed by atoms with van der Waals surface area (Å²) in [5.41, 5.74) is 5.12. The molecule has 1 atom stereocenters. The molecule has 8 nitrogen and oxygen atoms in total. The van der Waals surface area contributed by atoms with E-state index in [1.54, 1.807) is 44.2 Å². The molecule has 3 aromatic carbocycles. The van der Waals surface area contributed by atoms with Crippen LogP contribution in [0.2, 0.25) is 0 Å². The summed E-state index contributed by atoms with van der Waals surface area (Å²) in [7, 11) is -4.04. The Hall–Kier alpha value is -3.69. The van der Waals surface area contributed by atoms with Gasteiger partial charge in [-0.25, -0.2) is 13.2 Å². The minimum absolute atomic E-state index is 0.0163. The topological polar surface area (TPSA) is 125 Å². The van der Waals surface area contributed by atoms with Crippen molar-refractivity contribution in [1.82, 2.24) is 10.0 Å². The van der Waals surface area contributed by atoms with Gasteiger partial charge in [0.15, 0.2) is 0 Å². The molecule has 2 amide bonds. The standard InChI is InChI=1S/C27H31N3O5S/c1-5-28-27(33)29-23-8-6-7-22(16-23)21-11-9-20(10-12-21)15-24(26(31)32)30-36(34,35)25-18(3)13-17(2)14-19(25)4/h6-14,16,24,30H,5,15H2,1-4H3,(H,31,32)(H2,28,29,33). The first-order valence-corrected chi connectivity index (χ1v) is 13.1. The third-order valence-corrected chi connectivity index (χ3v) is 7.43. The number of carbonyl (C=O) groups excluding carboxylic acids is 1. The molecule has 0 spiro atoms. The van der Waals surface area contributed by atoms with Gasteiger partial charge in [0.1, 0.15) is 6.04 Å². The number of sulfonamides is 1. The minimum atomic E-state index is -4.04. The van der Waals surface area contributed by atoms with Gasteiger partial charge in [-0.2, -0.15) is 4.72 Å². The highest BCUT2D eigenvalue weighted by atomic mass is 32.2. The van der Waals surface area contributed by atoms with Crippen molar-refractivity contribution in [3.63, 3.8) is 0 Å². The molecular formula is C27H31N3O5S. The Morgan fingerprint density at radius 3 is 2.14 bits per heavy atom. The van der Waals surface area contributed by atoms with Gasteiger partial charge in [0.2, 0.25) is 10.0 Å². The number of anilines is 1. The molecule has 0 aliphatic heterocycles. The fourth-order valence-corrected chi connectivity index (χ4v) is 5.84. The van der Waals surface area contributed by atoms with E-state index in [0.29, 0.717) is 28.9 Å². The Kier molecular flexibility index (Phi) is 8.49. The molecule has 0 bridgehead atoms. The zero-order valence-electron chi connectivity index (χ0n) is 20.8. The number of carboxylic acids is 1. The van der Waals surface area contributed by atoms with Gasteiger partial charge in [0.25, 0.3) is 0 Å². The summed E-state index contributed by atoms with van der Waals surface area (Å²) in [6.45, 7) is 7.63. The van der Waals surface area contributed by atoms with Crippen molar-refractivity contribution in [2.75, 3.05) is 11.9 Å². The third-order valence-electron chi connectivity index (χ3n) is 5.65. The Labute approximate surface area is 211 Å². The summed E-state index contributed by atoms with van der Waals surface area (Å²) >= 11 is 0. The average Bonchev–Trinajstić information content (AvgIpc) is 2.78. The molecule has 1 unspecified atom stereocenters. The average molecular weight is 510 g/mol. The molecule has 0 saturated heterocycles. The van der Waals surface area contributed by atoms with E-state index < -0.39 is 22.0 Å². The van der Waals surface area contributed by atoms with Crippen molar-refractivity contribution in [3.05, 3.63) is 82.9 Å². The molecule has 0 aromatic heterocycles. The van der Waals surface area contributed by atoms with Crippen LogP contribution in [0.1, 0.15) is 29.2 Å². The maximum absolute atomic E-state index is 13.1. The lowest BCUT2D eigenvalue weighted by atomic mass is 10.0.